The van der Waals surface area contributed by atoms with Gasteiger partial charge in [0.05, 0.1) is 12.5 Å². The maximum atomic E-state index is 12.7. The molecule has 1 aromatic rings. The van der Waals surface area contributed by atoms with Gasteiger partial charge in [0.1, 0.15) is 6.10 Å². The second kappa shape index (κ2) is 6.96. The molecule has 0 aromatic heterocycles. The number of rotatable bonds is 3. The lowest BCUT2D eigenvalue weighted by Gasteiger charge is -2.55. The second-order valence-corrected chi connectivity index (χ2v) is 9.07. The zero-order valence-corrected chi connectivity index (χ0v) is 17.4. The predicted molar refractivity (Wildman–Crippen MR) is 104 cm³/mol. The number of fused-ring (bicyclic) bond motifs is 3. The summed E-state index contributed by atoms with van der Waals surface area (Å²) in [5, 5.41) is 0. The molecule has 0 heterocycles. The third-order valence-corrected chi connectivity index (χ3v) is 7.04. The Hall–Kier alpha value is -1.84. The van der Waals surface area contributed by atoms with Crippen LogP contribution in [0.25, 0.3) is 0 Å². The molecule has 0 saturated heterocycles. The highest BCUT2D eigenvalue weighted by atomic mass is 16.5. The van der Waals surface area contributed by atoms with Gasteiger partial charge < -0.3 is 9.47 Å². The van der Waals surface area contributed by atoms with Gasteiger partial charge in [-0.1, -0.05) is 45.4 Å². The van der Waals surface area contributed by atoms with E-state index in [0.29, 0.717) is 12.3 Å². The van der Waals surface area contributed by atoms with Crippen LogP contribution >= 0.6 is 0 Å². The molecule has 1 saturated carbocycles. The number of hydrogen-bond acceptors (Lipinski definition) is 4. The molecule has 2 aliphatic carbocycles. The molecule has 0 bridgehead atoms. The SMILES string of the molecule is COC(=O)[C@]1(C)CCC[C@]2(C)c3ccc(C(C)C)cc3[C@H](OC(C)=O)C[C@@H]12. The largest absolute Gasteiger partial charge is 0.469 e. The van der Waals surface area contributed by atoms with Crippen molar-refractivity contribution in [3.8, 4) is 0 Å². The van der Waals surface area contributed by atoms with Crippen LogP contribution in [-0.2, 0) is 24.5 Å². The zero-order valence-electron chi connectivity index (χ0n) is 17.4. The van der Waals surface area contributed by atoms with E-state index >= 15 is 0 Å². The van der Waals surface area contributed by atoms with Gasteiger partial charge in [-0.15, -0.1) is 0 Å². The number of carbonyl (C=O) groups excluding carboxylic acids is 2. The van der Waals surface area contributed by atoms with E-state index in [2.05, 4.69) is 39.0 Å². The molecule has 2 aliphatic rings. The normalized spacial score (nSPS) is 32.4. The molecule has 0 N–H and O–H groups in total. The Morgan fingerprint density at radius 2 is 1.89 bits per heavy atom. The first-order valence-corrected chi connectivity index (χ1v) is 10.0. The van der Waals surface area contributed by atoms with E-state index in [4.69, 9.17) is 9.47 Å². The quantitative estimate of drug-likeness (QED) is 0.696. The molecule has 0 unspecified atom stereocenters. The fraction of sp³-hybridized carbons (Fsp3) is 0.652. The van der Waals surface area contributed by atoms with Crippen LogP contribution in [0.5, 0.6) is 0 Å². The van der Waals surface area contributed by atoms with Crippen molar-refractivity contribution in [3.05, 3.63) is 34.9 Å². The first-order valence-electron chi connectivity index (χ1n) is 10.0. The van der Waals surface area contributed by atoms with Crippen molar-refractivity contribution in [2.24, 2.45) is 11.3 Å². The van der Waals surface area contributed by atoms with Crippen LogP contribution < -0.4 is 0 Å². The molecular formula is C23H32O4. The van der Waals surface area contributed by atoms with Crippen molar-refractivity contribution in [2.45, 2.75) is 77.7 Å². The Morgan fingerprint density at radius 3 is 2.48 bits per heavy atom. The van der Waals surface area contributed by atoms with Gasteiger partial charge in [-0.3, -0.25) is 9.59 Å². The Labute approximate surface area is 162 Å². The van der Waals surface area contributed by atoms with Gasteiger partial charge in [0, 0.05) is 6.92 Å². The molecule has 4 heteroatoms. The Kier molecular flexibility index (Phi) is 5.13. The molecular weight excluding hydrogens is 340 g/mol. The number of methoxy groups -OCH3 is 1. The van der Waals surface area contributed by atoms with E-state index in [1.54, 1.807) is 0 Å². The Morgan fingerprint density at radius 1 is 1.19 bits per heavy atom. The number of carbonyl (C=O) groups is 2. The van der Waals surface area contributed by atoms with Gasteiger partial charge in [-0.25, -0.2) is 0 Å². The third kappa shape index (κ3) is 3.17. The first-order chi connectivity index (χ1) is 12.6. The minimum Gasteiger partial charge on any atom is -0.469 e. The van der Waals surface area contributed by atoms with Gasteiger partial charge >= 0.3 is 11.9 Å². The lowest BCUT2D eigenvalue weighted by Crippen LogP contribution is -2.53. The minimum atomic E-state index is -0.561. The van der Waals surface area contributed by atoms with E-state index in [1.807, 2.05) is 6.92 Å². The topological polar surface area (TPSA) is 52.6 Å². The van der Waals surface area contributed by atoms with Crippen LogP contribution in [0.3, 0.4) is 0 Å². The maximum Gasteiger partial charge on any atom is 0.311 e. The van der Waals surface area contributed by atoms with E-state index < -0.39 is 5.41 Å². The van der Waals surface area contributed by atoms with Crippen LogP contribution in [-0.4, -0.2) is 19.0 Å². The summed E-state index contributed by atoms with van der Waals surface area (Å²) in [5.74, 6) is 0.0563. The highest BCUT2D eigenvalue weighted by molar-refractivity contribution is 5.77. The average molecular weight is 373 g/mol. The first kappa shape index (κ1) is 19.9. The number of hydrogen-bond donors (Lipinski definition) is 0. The lowest BCUT2D eigenvalue weighted by molar-refractivity contribution is -0.165. The summed E-state index contributed by atoms with van der Waals surface area (Å²) in [6, 6.07) is 6.60. The van der Waals surface area contributed by atoms with Crippen molar-refractivity contribution in [1.29, 1.82) is 0 Å². The molecule has 27 heavy (non-hydrogen) atoms. The van der Waals surface area contributed by atoms with Gasteiger partial charge in [-0.2, -0.15) is 0 Å². The van der Waals surface area contributed by atoms with E-state index in [-0.39, 0.29) is 29.4 Å². The smallest absolute Gasteiger partial charge is 0.311 e. The van der Waals surface area contributed by atoms with Gasteiger partial charge in [0.25, 0.3) is 0 Å². The molecule has 4 atom stereocenters. The van der Waals surface area contributed by atoms with Crippen molar-refractivity contribution < 1.29 is 19.1 Å². The summed E-state index contributed by atoms with van der Waals surface area (Å²) >= 11 is 0. The van der Waals surface area contributed by atoms with Crippen LogP contribution in [0, 0.1) is 11.3 Å². The van der Waals surface area contributed by atoms with E-state index in [0.717, 1.165) is 24.8 Å². The monoisotopic (exact) mass is 372 g/mol. The van der Waals surface area contributed by atoms with Crippen molar-refractivity contribution in [3.63, 3.8) is 0 Å². The molecule has 1 fully saturated rings. The summed E-state index contributed by atoms with van der Waals surface area (Å²) < 4.78 is 11.0. The van der Waals surface area contributed by atoms with Gasteiger partial charge in [0.2, 0.25) is 0 Å². The second-order valence-electron chi connectivity index (χ2n) is 9.07. The Bertz CT molecular complexity index is 753. The minimum absolute atomic E-state index is 0.0768. The van der Waals surface area contributed by atoms with Gasteiger partial charge in [-0.05, 0) is 60.1 Å². The Balaban J connectivity index is 2.16. The molecule has 4 nitrogen and oxygen atoms in total. The summed E-state index contributed by atoms with van der Waals surface area (Å²) in [6.45, 7) is 10.1. The third-order valence-electron chi connectivity index (χ3n) is 7.04. The highest BCUT2D eigenvalue weighted by Gasteiger charge is 2.57. The van der Waals surface area contributed by atoms with Crippen molar-refractivity contribution in [1.82, 2.24) is 0 Å². The number of ether oxygens (including phenoxy) is 2. The predicted octanol–water partition coefficient (Wildman–Crippen LogP) is 5.06. The average Bonchev–Trinajstić information content (AvgIpc) is 2.61. The standard InChI is InChI=1S/C23H32O4/c1-14(2)16-8-9-18-17(12-16)19(27-15(3)24)13-20-22(18,4)10-7-11-23(20,5)21(25)26-6/h8-9,12,14,19-20H,7,10-11,13H2,1-6H3/t19-,20-,22-,23-/m1/s1. The van der Waals surface area contributed by atoms with Crippen molar-refractivity contribution >= 4 is 11.9 Å². The molecule has 0 aliphatic heterocycles. The maximum absolute atomic E-state index is 12.7. The number of benzene rings is 1. The summed E-state index contributed by atoms with van der Waals surface area (Å²) in [6.07, 6.45) is 3.19. The molecule has 0 spiro atoms. The van der Waals surface area contributed by atoms with E-state index in [1.165, 1.54) is 25.2 Å². The van der Waals surface area contributed by atoms with Gasteiger partial charge in [0.15, 0.2) is 0 Å². The van der Waals surface area contributed by atoms with Crippen LogP contribution in [0.4, 0.5) is 0 Å². The number of esters is 2. The highest BCUT2D eigenvalue weighted by Crippen LogP contribution is 2.60. The van der Waals surface area contributed by atoms with Crippen LogP contribution in [0.2, 0.25) is 0 Å². The fourth-order valence-corrected chi connectivity index (χ4v) is 5.57. The summed E-state index contributed by atoms with van der Waals surface area (Å²) in [4.78, 5) is 24.6. The van der Waals surface area contributed by atoms with Crippen molar-refractivity contribution in [2.75, 3.05) is 7.11 Å². The van der Waals surface area contributed by atoms with Crippen LogP contribution in [0.1, 0.15) is 89.0 Å². The molecule has 0 amide bonds. The summed E-state index contributed by atoms with van der Waals surface area (Å²) in [5.41, 5.74) is 2.91. The molecule has 3 rings (SSSR count). The molecule has 1 aromatic carbocycles. The molecule has 148 valence electrons. The lowest BCUT2D eigenvalue weighted by atomic mass is 9.49. The molecule has 0 radical (unpaired) electrons. The zero-order chi connectivity index (χ0) is 20.0. The van der Waals surface area contributed by atoms with E-state index in [9.17, 15) is 9.59 Å². The summed E-state index contributed by atoms with van der Waals surface area (Å²) in [7, 11) is 1.47. The van der Waals surface area contributed by atoms with Crippen LogP contribution in [0.15, 0.2) is 18.2 Å². The fourth-order valence-electron chi connectivity index (χ4n) is 5.57.